The first-order valence-electron chi connectivity index (χ1n) is 29.3. The number of nitrogens with one attached hydrogen (secondary N) is 11. The van der Waals surface area contributed by atoms with Crippen molar-refractivity contribution >= 4 is 76.6 Å². The fraction of sp³-hybridized carbons (Fsp3) is 0.517. The quantitative estimate of drug-likeness (QED) is 0.0399. The number of halogens is 1. The molecule has 0 saturated carbocycles. The van der Waals surface area contributed by atoms with Crippen LogP contribution in [-0.2, 0) is 54.4 Å². The molecule has 23 N–H and O–H groups in total. The molecule has 2 heterocycles. The molecular formula is C58H86ClN17O13. The number of pyridine rings is 1. The summed E-state index contributed by atoms with van der Waals surface area (Å²) in [7, 11) is 0. The molecule has 1 aromatic heterocycles. The molecule has 11 amide bonds. The molecule has 488 valence electrons. The monoisotopic (exact) mass is 1260 g/mol. The van der Waals surface area contributed by atoms with E-state index in [-0.39, 0.29) is 76.2 Å². The van der Waals surface area contributed by atoms with Crippen LogP contribution >= 0.6 is 11.6 Å². The first kappa shape index (κ1) is 73.2. The van der Waals surface area contributed by atoms with Crippen molar-refractivity contribution in [1.29, 1.82) is 0 Å². The molecule has 0 radical (unpaired) electrons. The van der Waals surface area contributed by atoms with Crippen LogP contribution in [0.15, 0.2) is 72.9 Å². The summed E-state index contributed by atoms with van der Waals surface area (Å²) in [6.07, 6.45) is -3.14. The van der Waals surface area contributed by atoms with Crippen LogP contribution in [0.2, 0.25) is 5.02 Å². The van der Waals surface area contributed by atoms with Gasteiger partial charge in [0, 0.05) is 41.9 Å². The number of rotatable bonds is 24. The molecule has 1 fully saturated rings. The molecule has 1 aliphatic rings. The summed E-state index contributed by atoms with van der Waals surface area (Å²) < 4.78 is 0. The lowest BCUT2D eigenvalue weighted by molar-refractivity contribution is -0.136. The molecule has 0 spiro atoms. The van der Waals surface area contributed by atoms with Crippen LogP contribution in [0.5, 0.6) is 0 Å². The van der Waals surface area contributed by atoms with Gasteiger partial charge in [0.15, 0.2) is 0 Å². The van der Waals surface area contributed by atoms with Crippen molar-refractivity contribution in [2.75, 3.05) is 39.3 Å². The molecule has 3 aromatic rings. The fourth-order valence-electron chi connectivity index (χ4n) is 9.26. The van der Waals surface area contributed by atoms with Gasteiger partial charge in [-0.25, -0.2) is 0 Å². The van der Waals surface area contributed by atoms with E-state index in [1.807, 2.05) is 0 Å². The number of aromatic nitrogens is 1. The molecule has 30 nitrogen and oxygen atoms in total. The highest BCUT2D eigenvalue weighted by Crippen LogP contribution is 2.21. The SMILES string of the molecule is CC(C)C[C@@H]1NC(=O)[C@@H](Cc2ccccc2)NC(=O)[C@H](CCN)NC(=O)[C@@H](NC(=O)[C@H](CN)NC(=O)[C@@H](NC(=O)[C@H](CCN)NC(=O)c2ccnc(-c3ccc(Cl)cc3)c2)[C@@H](C)O)CCNC(=O)[C@H]([C@@H](C)O)NC(=O)[C@H](CCN)NC(=O)[C@H](CCN)NC1=O. The number of benzene rings is 2. The van der Waals surface area contributed by atoms with Crippen LogP contribution in [0.3, 0.4) is 0 Å². The summed E-state index contributed by atoms with van der Waals surface area (Å²) in [5, 5.41) is 49.8. The summed E-state index contributed by atoms with van der Waals surface area (Å²) in [6.45, 7) is 4.15. The lowest BCUT2D eigenvalue weighted by Gasteiger charge is -2.28. The maximum Gasteiger partial charge on any atom is 0.252 e. The number of nitrogens with two attached hydrogens (primary N) is 5. The highest BCUT2D eigenvalue weighted by molar-refractivity contribution is 6.30. The van der Waals surface area contributed by atoms with Crippen LogP contribution in [0.25, 0.3) is 11.3 Å². The summed E-state index contributed by atoms with van der Waals surface area (Å²) >= 11 is 6.03. The van der Waals surface area contributed by atoms with Crippen LogP contribution in [0, 0.1) is 5.92 Å². The molecular weight excluding hydrogens is 1180 g/mol. The van der Waals surface area contributed by atoms with Crippen molar-refractivity contribution in [1.82, 2.24) is 63.5 Å². The average Bonchev–Trinajstić information content (AvgIpc) is 3.02. The topological polar surface area (TPSA) is 504 Å². The highest BCUT2D eigenvalue weighted by atomic mass is 35.5. The zero-order valence-corrected chi connectivity index (χ0v) is 51.0. The second kappa shape index (κ2) is 36.9. The number of aliphatic hydroxyl groups excluding tert-OH is 2. The number of aliphatic hydroxyl groups is 2. The average molecular weight is 1260 g/mol. The van der Waals surface area contributed by atoms with Gasteiger partial charge < -0.3 is 97.4 Å². The number of hydrogen-bond donors (Lipinski definition) is 18. The van der Waals surface area contributed by atoms with E-state index in [1.165, 1.54) is 25.3 Å². The Hall–Kier alpha value is -8.23. The van der Waals surface area contributed by atoms with Gasteiger partial charge in [0.25, 0.3) is 5.91 Å². The van der Waals surface area contributed by atoms with Crippen molar-refractivity contribution in [2.45, 2.75) is 145 Å². The molecule has 0 bridgehead atoms. The summed E-state index contributed by atoms with van der Waals surface area (Å²) in [4.78, 5) is 159. The van der Waals surface area contributed by atoms with Gasteiger partial charge in [-0.05, 0) is 114 Å². The third-order valence-corrected chi connectivity index (χ3v) is 14.4. The molecule has 0 unspecified atom stereocenters. The Morgan fingerprint density at radius 1 is 0.607 bits per heavy atom. The van der Waals surface area contributed by atoms with Crippen LogP contribution in [0.1, 0.15) is 82.1 Å². The van der Waals surface area contributed by atoms with E-state index in [9.17, 15) is 63.0 Å². The van der Waals surface area contributed by atoms with E-state index in [0.29, 0.717) is 21.8 Å². The number of nitrogens with zero attached hydrogens (tertiary/aromatic N) is 1. The minimum Gasteiger partial charge on any atom is -0.391 e. The van der Waals surface area contributed by atoms with Crippen molar-refractivity contribution in [3.05, 3.63) is 89.1 Å². The fourth-order valence-corrected chi connectivity index (χ4v) is 9.39. The first-order chi connectivity index (χ1) is 42.3. The zero-order valence-electron chi connectivity index (χ0n) is 50.2. The van der Waals surface area contributed by atoms with E-state index < -0.39 is 157 Å². The van der Waals surface area contributed by atoms with E-state index in [4.69, 9.17) is 40.3 Å². The van der Waals surface area contributed by atoms with Gasteiger partial charge in [0.1, 0.15) is 60.4 Å². The van der Waals surface area contributed by atoms with E-state index in [1.54, 1.807) is 68.4 Å². The van der Waals surface area contributed by atoms with Crippen molar-refractivity contribution in [2.24, 2.45) is 34.6 Å². The molecule has 0 aliphatic carbocycles. The maximum atomic E-state index is 14.5. The lowest BCUT2D eigenvalue weighted by atomic mass is 10.00. The Morgan fingerprint density at radius 3 is 1.69 bits per heavy atom. The summed E-state index contributed by atoms with van der Waals surface area (Å²) in [5.41, 5.74) is 31.3. The van der Waals surface area contributed by atoms with Gasteiger partial charge in [-0.1, -0.05) is 67.9 Å². The predicted octanol–water partition coefficient (Wildman–Crippen LogP) is -5.21. The van der Waals surface area contributed by atoms with Gasteiger partial charge in [-0.3, -0.25) is 57.7 Å². The van der Waals surface area contributed by atoms with E-state index in [2.05, 4.69) is 63.5 Å². The summed E-state index contributed by atoms with van der Waals surface area (Å²) in [5.74, 6) is -10.7. The Labute approximate surface area is 520 Å². The lowest BCUT2D eigenvalue weighted by Crippen LogP contribution is -2.63. The van der Waals surface area contributed by atoms with E-state index in [0.717, 1.165) is 6.92 Å². The molecule has 1 saturated heterocycles. The Kier molecular flexibility index (Phi) is 30.4. The number of carbonyl (C=O) groups is 11. The minimum atomic E-state index is -1.79. The molecule has 4 rings (SSSR count). The van der Waals surface area contributed by atoms with Gasteiger partial charge in [0.2, 0.25) is 59.1 Å². The van der Waals surface area contributed by atoms with Gasteiger partial charge in [-0.2, -0.15) is 0 Å². The van der Waals surface area contributed by atoms with Gasteiger partial charge in [-0.15, -0.1) is 0 Å². The van der Waals surface area contributed by atoms with Crippen molar-refractivity contribution < 1.29 is 63.0 Å². The second-order valence-corrected chi connectivity index (χ2v) is 22.2. The van der Waals surface area contributed by atoms with Crippen LogP contribution in [0.4, 0.5) is 0 Å². The largest absolute Gasteiger partial charge is 0.391 e. The smallest absolute Gasteiger partial charge is 0.252 e. The predicted molar refractivity (Wildman–Crippen MR) is 328 cm³/mol. The van der Waals surface area contributed by atoms with Crippen LogP contribution < -0.4 is 87.2 Å². The molecule has 89 heavy (non-hydrogen) atoms. The van der Waals surface area contributed by atoms with Gasteiger partial charge >= 0.3 is 0 Å². The standard InChI is InChI=1S/C58H86ClN17O13/c1-30(2)26-43-54(85)70-37(14-20-60)49(80)69-40(17-23-63)53(84)75-46(31(3)77)57(88)66-25-19-41(51(82)68-38(15-21-61)50(81)73-44(55(86)72-43)27-33-8-6-5-7-9-33)71-56(87)45(29-64)74-58(89)47(32(4)78)76-52(83)39(16-22-62)67-48(79)35-18-24-65-42(28-35)34-10-12-36(59)13-11-34/h5-13,18,24,28,30-32,37-41,43-47,77-78H,14-17,19-23,25-27,29,60-64H2,1-4H3,(H,66,88)(H,67,79)(H,68,82)(H,69,80)(H,70,85)(H,71,87)(H,72,86)(H,73,81)(H,74,89)(H,75,84)(H,76,83)/t31-,32-,37+,38+,39+,40+,41+,43+,44-,45+,46+,47+/m1/s1. The van der Waals surface area contributed by atoms with E-state index >= 15 is 0 Å². The molecule has 1 aliphatic heterocycles. The third kappa shape index (κ3) is 23.3. The summed E-state index contributed by atoms with van der Waals surface area (Å²) in [6, 6.07) is 2.75. The minimum absolute atomic E-state index is 0.0338. The molecule has 12 atom stereocenters. The molecule has 2 aromatic carbocycles. The van der Waals surface area contributed by atoms with Crippen LogP contribution in [-0.4, -0.2) is 192 Å². The van der Waals surface area contributed by atoms with Crippen molar-refractivity contribution in [3.63, 3.8) is 0 Å². The Morgan fingerprint density at radius 2 is 1.15 bits per heavy atom. The highest BCUT2D eigenvalue weighted by Gasteiger charge is 2.37. The molecule has 31 heteroatoms. The normalized spacial score (nSPS) is 21.9. The number of amides is 11. The number of carbonyl (C=O) groups excluding carboxylic acids is 11. The second-order valence-electron chi connectivity index (χ2n) is 21.8. The zero-order chi connectivity index (χ0) is 65.9. The number of hydrogen-bond acceptors (Lipinski definition) is 19. The van der Waals surface area contributed by atoms with Crippen molar-refractivity contribution in [3.8, 4) is 11.3 Å². The first-order valence-corrected chi connectivity index (χ1v) is 29.7. The maximum absolute atomic E-state index is 14.5. The Balaban J connectivity index is 1.68. The van der Waals surface area contributed by atoms with Gasteiger partial charge in [0.05, 0.1) is 17.9 Å². The Bertz CT molecular complexity index is 2890. The third-order valence-electron chi connectivity index (χ3n) is 14.1.